The molecule has 6 nitrogen and oxygen atoms in total. The zero-order valence-corrected chi connectivity index (χ0v) is 12.1. The van der Waals surface area contributed by atoms with E-state index < -0.39 is 17.3 Å². The van der Waals surface area contributed by atoms with E-state index in [1.54, 1.807) is 25.1 Å². The number of hydrogen-bond acceptors (Lipinski definition) is 5. The molecule has 0 atom stereocenters. The van der Waals surface area contributed by atoms with Crippen LogP contribution in [-0.2, 0) is 11.4 Å². The summed E-state index contributed by atoms with van der Waals surface area (Å²) >= 11 is 0. The molecule has 0 spiro atoms. The molecule has 1 heterocycles. The first kappa shape index (κ1) is 15.6. The van der Waals surface area contributed by atoms with Gasteiger partial charge in [-0.2, -0.15) is 0 Å². The van der Waals surface area contributed by atoms with E-state index in [-0.39, 0.29) is 22.6 Å². The molecule has 0 bridgehead atoms. The van der Waals surface area contributed by atoms with Crippen LogP contribution >= 0.6 is 0 Å². The van der Waals surface area contributed by atoms with Gasteiger partial charge < -0.3 is 15.2 Å². The summed E-state index contributed by atoms with van der Waals surface area (Å²) in [5, 5.41) is 23.0. The number of nitrogens with zero attached hydrogens (tertiary/aromatic N) is 2. The van der Waals surface area contributed by atoms with E-state index in [2.05, 4.69) is 5.16 Å². The van der Waals surface area contributed by atoms with Gasteiger partial charge in [0.25, 0.3) is 5.56 Å². The Balaban J connectivity index is 2.22. The maximum absolute atomic E-state index is 13.4. The Hall–Kier alpha value is -2.83. The lowest BCUT2D eigenvalue weighted by molar-refractivity contribution is 0.127. The molecule has 1 aromatic heterocycles. The van der Waals surface area contributed by atoms with Gasteiger partial charge in [-0.05, 0) is 25.5 Å². The van der Waals surface area contributed by atoms with Gasteiger partial charge in [0.15, 0.2) is 0 Å². The minimum absolute atomic E-state index is 0.0808. The molecule has 2 rings (SSSR count). The number of rotatable bonds is 4. The van der Waals surface area contributed by atoms with Crippen molar-refractivity contribution in [3.8, 4) is 5.88 Å². The fourth-order valence-corrected chi connectivity index (χ4v) is 2.01. The molecule has 0 aliphatic rings. The van der Waals surface area contributed by atoms with Gasteiger partial charge in [0.1, 0.15) is 12.4 Å². The fraction of sp³-hybridized carbons (Fsp3) is 0.200. The van der Waals surface area contributed by atoms with Crippen LogP contribution in [0.1, 0.15) is 23.6 Å². The van der Waals surface area contributed by atoms with Crippen LogP contribution in [-0.4, -0.2) is 20.8 Å². The Morgan fingerprint density at radius 1 is 1.41 bits per heavy atom. The minimum Gasteiger partial charge on any atom is -0.492 e. The molecule has 116 valence electrons. The summed E-state index contributed by atoms with van der Waals surface area (Å²) in [7, 11) is 0. The first-order chi connectivity index (χ1) is 10.4. The van der Waals surface area contributed by atoms with Crippen molar-refractivity contribution in [2.45, 2.75) is 20.5 Å². The van der Waals surface area contributed by atoms with Crippen molar-refractivity contribution in [2.75, 3.05) is 0 Å². The highest BCUT2D eigenvalue weighted by Gasteiger charge is 2.15. The highest BCUT2D eigenvalue weighted by Crippen LogP contribution is 2.19. The van der Waals surface area contributed by atoms with Crippen LogP contribution in [0.3, 0.4) is 0 Å². The highest BCUT2D eigenvalue weighted by molar-refractivity contribution is 6.01. The standard InChI is InChI=1S/C15H15FN2O4/c1-9-7-13(19)18(21)15(20)14(9)10(2)17-22-8-11-5-3-4-6-12(11)16/h3-7,20-21H,8H2,1-2H3/b17-10+. The first-order valence-corrected chi connectivity index (χ1v) is 6.47. The summed E-state index contributed by atoms with van der Waals surface area (Å²) in [6, 6.07) is 7.28. The van der Waals surface area contributed by atoms with E-state index in [9.17, 15) is 19.5 Å². The lowest BCUT2D eigenvalue weighted by atomic mass is 10.1. The van der Waals surface area contributed by atoms with Crippen LogP contribution < -0.4 is 5.56 Å². The van der Waals surface area contributed by atoms with Gasteiger partial charge in [-0.3, -0.25) is 4.79 Å². The van der Waals surface area contributed by atoms with Crippen molar-refractivity contribution >= 4 is 5.71 Å². The maximum Gasteiger partial charge on any atom is 0.286 e. The van der Waals surface area contributed by atoms with E-state index in [1.165, 1.54) is 13.0 Å². The summed E-state index contributed by atoms with van der Waals surface area (Å²) in [6.45, 7) is 3.04. The van der Waals surface area contributed by atoms with Crippen LogP contribution in [0.2, 0.25) is 0 Å². The Labute approximate surface area is 125 Å². The zero-order valence-electron chi connectivity index (χ0n) is 12.1. The average molecular weight is 306 g/mol. The quantitative estimate of drug-likeness (QED) is 0.515. The van der Waals surface area contributed by atoms with E-state index in [0.717, 1.165) is 6.07 Å². The molecule has 0 fully saturated rings. The summed E-state index contributed by atoms with van der Waals surface area (Å²) in [4.78, 5) is 16.4. The summed E-state index contributed by atoms with van der Waals surface area (Å²) in [5.41, 5.74) is 0.444. The smallest absolute Gasteiger partial charge is 0.286 e. The number of halogens is 1. The monoisotopic (exact) mass is 306 g/mol. The molecular weight excluding hydrogens is 291 g/mol. The second-order valence-electron chi connectivity index (χ2n) is 4.72. The molecule has 0 saturated carbocycles. The lowest BCUT2D eigenvalue weighted by Gasteiger charge is -2.10. The molecular formula is C15H15FN2O4. The van der Waals surface area contributed by atoms with Crippen LogP contribution in [0.15, 0.2) is 40.3 Å². The van der Waals surface area contributed by atoms with Crippen molar-refractivity contribution in [2.24, 2.45) is 5.16 Å². The number of aromatic hydroxyl groups is 1. The largest absolute Gasteiger partial charge is 0.492 e. The predicted molar refractivity (Wildman–Crippen MR) is 77.7 cm³/mol. The molecule has 0 radical (unpaired) electrons. The van der Waals surface area contributed by atoms with Crippen molar-refractivity contribution in [3.63, 3.8) is 0 Å². The Bertz CT molecular complexity index is 784. The van der Waals surface area contributed by atoms with Crippen LogP contribution in [0.4, 0.5) is 4.39 Å². The SMILES string of the molecule is C/C(=N\OCc1ccccc1F)c1c(C)cc(=O)n(O)c1O. The van der Waals surface area contributed by atoms with Gasteiger partial charge in [0, 0.05) is 11.6 Å². The molecule has 2 N–H and O–H groups in total. The van der Waals surface area contributed by atoms with Crippen molar-refractivity contribution in [1.29, 1.82) is 0 Å². The second kappa shape index (κ2) is 6.30. The molecule has 7 heteroatoms. The number of aryl methyl sites for hydroxylation is 1. The van der Waals surface area contributed by atoms with Crippen molar-refractivity contribution in [3.05, 3.63) is 63.2 Å². The van der Waals surface area contributed by atoms with Gasteiger partial charge in [0.2, 0.25) is 5.88 Å². The summed E-state index contributed by atoms with van der Waals surface area (Å²) in [6.07, 6.45) is 0. The third-order valence-corrected chi connectivity index (χ3v) is 3.11. The number of oxime groups is 1. The first-order valence-electron chi connectivity index (χ1n) is 6.47. The highest BCUT2D eigenvalue weighted by atomic mass is 19.1. The van der Waals surface area contributed by atoms with Gasteiger partial charge >= 0.3 is 0 Å². The van der Waals surface area contributed by atoms with Gasteiger partial charge in [-0.1, -0.05) is 23.4 Å². The third kappa shape index (κ3) is 3.08. The molecule has 0 aliphatic carbocycles. The number of hydrogen-bond donors (Lipinski definition) is 2. The Morgan fingerprint density at radius 3 is 2.77 bits per heavy atom. The molecule has 2 aromatic rings. The van der Waals surface area contributed by atoms with E-state index in [1.807, 2.05) is 0 Å². The Morgan fingerprint density at radius 2 is 2.09 bits per heavy atom. The third-order valence-electron chi connectivity index (χ3n) is 3.11. The van der Waals surface area contributed by atoms with Crippen molar-refractivity contribution in [1.82, 2.24) is 4.73 Å². The molecule has 0 saturated heterocycles. The number of aromatic nitrogens is 1. The van der Waals surface area contributed by atoms with E-state index >= 15 is 0 Å². The van der Waals surface area contributed by atoms with Gasteiger partial charge in [0.05, 0.1) is 11.3 Å². The molecule has 0 unspecified atom stereocenters. The normalized spacial score (nSPS) is 11.5. The Kier molecular flexibility index (Phi) is 4.45. The van der Waals surface area contributed by atoms with Crippen molar-refractivity contribution < 1.29 is 19.5 Å². The number of benzene rings is 1. The summed E-state index contributed by atoms with van der Waals surface area (Å²) < 4.78 is 13.5. The molecule has 0 amide bonds. The number of pyridine rings is 1. The average Bonchev–Trinajstić information content (AvgIpc) is 2.47. The van der Waals surface area contributed by atoms with E-state index in [4.69, 9.17) is 4.84 Å². The molecule has 0 aliphatic heterocycles. The van der Waals surface area contributed by atoms with Crippen LogP contribution in [0.25, 0.3) is 0 Å². The summed E-state index contributed by atoms with van der Waals surface area (Å²) in [5.74, 6) is -1.03. The topological polar surface area (TPSA) is 84.0 Å². The van der Waals surface area contributed by atoms with Crippen LogP contribution in [0.5, 0.6) is 5.88 Å². The van der Waals surface area contributed by atoms with E-state index in [0.29, 0.717) is 11.1 Å². The lowest BCUT2D eigenvalue weighted by Crippen LogP contribution is -2.20. The zero-order chi connectivity index (χ0) is 16.3. The van der Waals surface area contributed by atoms with Crippen LogP contribution in [0, 0.1) is 12.7 Å². The predicted octanol–water partition coefficient (Wildman–Crippen LogP) is 2.18. The fourth-order valence-electron chi connectivity index (χ4n) is 2.01. The van der Waals surface area contributed by atoms with Gasteiger partial charge in [-0.25, -0.2) is 4.39 Å². The second-order valence-corrected chi connectivity index (χ2v) is 4.72. The van der Waals surface area contributed by atoms with Gasteiger partial charge in [-0.15, -0.1) is 4.73 Å². The maximum atomic E-state index is 13.4. The minimum atomic E-state index is -0.751. The molecule has 1 aromatic carbocycles. The molecule has 22 heavy (non-hydrogen) atoms.